The molecule has 0 unspecified atom stereocenters. The van der Waals surface area contributed by atoms with Gasteiger partial charge in [0.25, 0.3) is 0 Å². The summed E-state index contributed by atoms with van der Waals surface area (Å²) in [5, 5.41) is 8.51. The van der Waals surface area contributed by atoms with Gasteiger partial charge in [-0.15, -0.1) is 0 Å². The summed E-state index contributed by atoms with van der Waals surface area (Å²) in [6, 6.07) is 51.8. The quantitative estimate of drug-likeness (QED) is 0.193. The first-order valence-corrected chi connectivity index (χ1v) is 15.5. The standard InChI is InChI=1S/C43H27N3/c1-2-9-29-22-32(16-15-28(29)8-1)43-25-39(33-18-19-41(45-27-33)34-11-7-21-44-26-34)40-24-31(17-20-42(40)46-43)38-23-30-10-3-4-12-35(30)36-13-5-6-14-37(36)38/h1-27H. The zero-order valence-corrected chi connectivity index (χ0v) is 24.9. The third-order valence-corrected chi connectivity index (χ3v) is 8.96. The van der Waals surface area contributed by atoms with E-state index in [1.54, 1.807) is 6.20 Å². The molecule has 0 saturated carbocycles. The van der Waals surface area contributed by atoms with Crippen molar-refractivity contribution in [3.63, 3.8) is 0 Å². The maximum Gasteiger partial charge on any atom is 0.0717 e. The molecule has 0 aliphatic rings. The fourth-order valence-corrected chi connectivity index (χ4v) is 6.66. The number of benzene rings is 6. The summed E-state index contributed by atoms with van der Waals surface area (Å²) in [5.41, 5.74) is 9.39. The van der Waals surface area contributed by atoms with E-state index in [1.165, 1.54) is 37.9 Å². The van der Waals surface area contributed by atoms with Crippen molar-refractivity contribution in [2.75, 3.05) is 0 Å². The maximum absolute atomic E-state index is 5.22. The van der Waals surface area contributed by atoms with Crippen LogP contribution >= 0.6 is 0 Å². The lowest BCUT2D eigenvalue weighted by molar-refractivity contribution is 1.28. The van der Waals surface area contributed by atoms with Crippen molar-refractivity contribution in [1.29, 1.82) is 0 Å². The van der Waals surface area contributed by atoms with Crippen LogP contribution in [-0.4, -0.2) is 15.0 Å². The zero-order chi connectivity index (χ0) is 30.5. The second-order valence-electron chi connectivity index (χ2n) is 11.7. The second kappa shape index (κ2) is 10.8. The third kappa shape index (κ3) is 4.49. The number of aromatic nitrogens is 3. The van der Waals surface area contributed by atoms with Gasteiger partial charge < -0.3 is 0 Å². The van der Waals surface area contributed by atoms with Gasteiger partial charge in [-0.2, -0.15) is 0 Å². The van der Waals surface area contributed by atoms with Crippen molar-refractivity contribution in [3.8, 4) is 44.8 Å². The highest BCUT2D eigenvalue weighted by Crippen LogP contribution is 2.39. The molecule has 0 fully saturated rings. The summed E-state index contributed by atoms with van der Waals surface area (Å²) in [7, 11) is 0. The molecule has 3 heterocycles. The summed E-state index contributed by atoms with van der Waals surface area (Å²) in [5.74, 6) is 0. The Morgan fingerprint density at radius 2 is 1.11 bits per heavy atom. The molecule has 0 amide bonds. The van der Waals surface area contributed by atoms with E-state index in [0.717, 1.165) is 50.1 Å². The van der Waals surface area contributed by atoms with Crippen LogP contribution in [0.1, 0.15) is 0 Å². The fourth-order valence-electron chi connectivity index (χ4n) is 6.66. The highest BCUT2D eigenvalue weighted by atomic mass is 14.7. The van der Waals surface area contributed by atoms with Gasteiger partial charge in [-0.05, 0) is 97.5 Å². The summed E-state index contributed by atoms with van der Waals surface area (Å²) >= 11 is 0. The van der Waals surface area contributed by atoms with Crippen LogP contribution < -0.4 is 0 Å². The lowest BCUT2D eigenvalue weighted by atomic mass is 9.91. The van der Waals surface area contributed by atoms with Gasteiger partial charge in [0, 0.05) is 40.7 Å². The fraction of sp³-hybridized carbons (Fsp3) is 0. The van der Waals surface area contributed by atoms with E-state index in [9.17, 15) is 0 Å². The molecule has 6 aromatic carbocycles. The second-order valence-corrected chi connectivity index (χ2v) is 11.7. The topological polar surface area (TPSA) is 38.7 Å². The number of hydrogen-bond acceptors (Lipinski definition) is 3. The van der Waals surface area contributed by atoms with Crippen LogP contribution in [0.25, 0.3) is 88.0 Å². The summed E-state index contributed by atoms with van der Waals surface area (Å²) in [4.78, 5) is 14.4. The molecule has 9 aromatic rings. The van der Waals surface area contributed by atoms with E-state index in [2.05, 4.69) is 138 Å². The Balaban J connectivity index is 1.27. The van der Waals surface area contributed by atoms with Crippen LogP contribution in [-0.2, 0) is 0 Å². The Morgan fingerprint density at radius 1 is 0.370 bits per heavy atom. The van der Waals surface area contributed by atoms with E-state index in [1.807, 2.05) is 24.5 Å². The molecule has 3 aromatic heterocycles. The SMILES string of the molecule is c1cncc(-c2ccc(-c3cc(-c4ccc5ccccc5c4)nc4ccc(-c5cc6ccccc6c6ccccc56)cc34)cn2)c1. The molecule has 214 valence electrons. The van der Waals surface area contributed by atoms with Crippen molar-refractivity contribution >= 4 is 43.2 Å². The largest absolute Gasteiger partial charge is 0.264 e. The van der Waals surface area contributed by atoms with Crippen molar-refractivity contribution in [3.05, 3.63) is 164 Å². The molecular formula is C43H27N3. The summed E-state index contributed by atoms with van der Waals surface area (Å²) in [6.07, 6.45) is 5.60. The zero-order valence-electron chi connectivity index (χ0n) is 24.9. The van der Waals surface area contributed by atoms with Gasteiger partial charge in [-0.3, -0.25) is 9.97 Å². The minimum absolute atomic E-state index is 0.897. The first kappa shape index (κ1) is 26.2. The number of nitrogens with zero attached hydrogens (tertiary/aromatic N) is 3. The van der Waals surface area contributed by atoms with E-state index < -0.39 is 0 Å². The molecule has 0 spiro atoms. The molecule has 0 aliphatic carbocycles. The molecule has 46 heavy (non-hydrogen) atoms. The van der Waals surface area contributed by atoms with Crippen molar-refractivity contribution < 1.29 is 0 Å². The lowest BCUT2D eigenvalue weighted by Gasteiger charge is -2.15. The van der Waals surface area contributed by atoms with Crippen molar-refractivity contribution in [1.82, 2.24) is 15.0 Å². The molecule has 9 rings (SSSR count). The minimum atomic E-state index is 0.897. The molecule has 0 atom stereocenters. The predicted octanol–water partition coefficient (Wildman–Crippen LogP) is 11.2. The summed E-state index contributed by atoms with van der Waals surface area (Å²) in [6.45, 7) is 0. The van der Waals surface area contributed by atoms with Gasteiger partial charge in [0.15, 0.2) is 0 Å². The average Bonchev–Trinajstić information content (AvgIpc) is 3.14. The normalized spacial score (nSPS) is 11.5. The minimum Gasteiger partial charge on any atom is -0.264 e. The van der Waals surface area contributed by atoms with Gasteiger partial charge in [0.1, 0.15) is 0 Å². The molecule has 0 aliphatic heterocycles. The van der Waals surface area contributed by atoms with Crippen LogP contribution in [0.15, 0.2) is 164 Å². The van der Waals surface area contributed by atoms with Crippen molar-refractivity contribution in [2.24, 2.45) is 0 Å². The molecule has 0 bridgehead atoms. The van der Waals surface area contributed by atoms with E-state index in [4.69, 9.17) is 9.97 Å². The van der Waals surface area contributed by atoms with Crippen LogP contribution in [0.3, 0.4) is 0 Å². The molecule has 3 nitrogen and oxygen atoms in total. The first-order chi connectivity index (χ1) is 22.8. The van der Waals surface area contributed by atoms with Crippen LogP contribution in [0, 0.1) is 0 Å². The Bertz CT molecular complexity index is 2570. The molecule has 0 saturated heterocycles. The van der Waals surface area contributed by atoms with E-state index >= 15 is 0 Å². The monoisotopic (exact) mass is 585 g/mol. The Hall–Kier alpha value is -6.19. The number of fused-ring (bicyclic) bond motifs is 5. The van der Waals surface area contributed by atoms with E-state index in [0.29, 0.717) is 0 Å². The van der Waals surface area contributed by atoms with Gasteiger partial charge in [0.2, 0.25) is 0 Å². The van der Waals surface area contributed by atoms with E-state index in [-0.39, 0.29) is 0 Å². The molecule has 3 heteroatoms. The predicted molar refractivity (Wildman–Crippen MR) is 192 cm³/mol. The van der Waals surface area contributed by atoms with Gasteiger partial charge in [-0.25, -0.2) is 4.98 Å². The molecule has 0 radical (unpaired) electrons. The van der Waals surface area contributed by atoms with Crippen LogP contribution in [0.4, 0.5) is 0 Å². The number of pyridine rings is 3. The highest BCUT2D eigenvalue weighted by molar-refractivity contribution is 6.14. The Kier molecular flexibility index (Phi) is 6.14. The Morgan fingerprint density at radius 3 is 1.93 bits per heavy atom. The lowest BCUT2D eigenvalue weighted by Crippen LogP contribution is -1.93. The van der Waals surface area contributed by atoms with Crippen LogP contribution in [0.2, 0.25) is 0 Å². The Labute approximate surface area is 266 Å². The van der Waals surface area contributed by atoms with Crippen LogP contribution in [0.5, 0.6) is 0 Å². The third-order valence-electron chi connectivity index (χ3n) is 8.96. The van der Waals surface area contributed by atoms with Gasteiger partial charge in [0.05, 0.1) is 16.9 Å². The smallest absolute Gasteiger partial charge is 0.0717 e. The number of hydrogen-bond donors (Lipinski definition) is 0. The first-order valence-electron chi connectivity index (χ1n) is 15.5. The van der Waals surface area contributed by atoms with Gasteiger partial charge in [-0.1, -0.05) is 97.1 Å². The maximum atomic E-state index is 5.22. The van der Waals surface area contributed by atoms with Gasteiger partial charge >= 0.3 is 0 Å². The molecular weight excluding hydrogens is 558 g/mol. The summed E-state index contributed by atoms with van der Waals surface area (Å²) < 4.78 is 0. The highest BCUT2D eigenvalue weighted by Gasteiger charge is 2.15. The average molecular weight is 586 g/mol. The molecule has 0 N–H and O–H groups in total. The number of rotatable bonds is 4. The van der Waals surface area contributed by atoms with Crippen molar-refractivity contribution in [2.45, 2.75) is 0 Å².